The number of hydrogen-bond donors (Lipinski definition) is 1. The van der Waals surface area contributed by atoms with Gasteiger partial charge in [0.25, 0.3) is 0 Å². The highest BCUT2D eigenvalue weighted by atomic mass is 35.5. The molecule has 3 rings (SSSR count). The van der Waals surface area contributed by atoms with Crippen LogP contribution in [-0.2, 0) is 0 Å². The van der Waals surface area contributed by atoms with E-state index in [2.05, 4.69) is 5.32 Å². The van der Waals surface area contributed by atoms with E-state index in [0.717, 1.165) is 0 Å². The van der Waals surface area contributed by atoms with Crippen molar-refractivity contribution < 1.29 is 22.6 Å². The lowest BCUT2D eigenvalue weighted by atomic mass is 9.99. The zero-order valence-corrected chi connectivity index (χ0v) is 13.4. The first-order chi connectivity index (χ1) is 10.5. The minimum absolute atomic E-state index is 0. The minimum atomic E-state index is -4.23. The Morgan fingerprint density at radius 2 is 1.83 bits per heavy atom. The van der Waals surface area contributed by atoms with E-state index in [-0.39, 0.29) is 12.4 Å². The largest absolute Gasteiger partial charge is 0.486 e. The number of halogens is 4. The Morgan fingerprint density at radius 1 is 1.13 bits per heavy atom. The van der Waals surface area contributed by atoms with Crippen LogP contribution in [0.1, 0.15) is 18.0 Å². The van der Waals surface area contributed by atoms with Crippen molar-refractivity contribution in [3.63, 3.8) is 0 Å². The number of ether oxygens (including phenoxy) is 2. The Balaban J connectivity index is 0.00000192. The fourth-order valence-electron chi connectivity index (χ4n) is 3.01. The van der Waals surface area contributed by atoms with Gasteiger partial charge in [0.1, 0.15) is 13.2 Å². The molecule has 1 saturated heterocycles. The zero-order valence-electron chi connectivity index (χ0n) is 12.6. The van der Waals surface area contributed by atoms with Crippen LogP contribution in [0, 0.1) is 0 Å². The lowest BCUT2D eigenvalue weighted by molar-refractivity contribution is -0.148. The number of hydrogen-bond acceptors (Lipinski definition) is 4. The minimum Gasteiger partial charge on any atom is -0.486 e. The summed E-state index contributed by atoms with van der Waals surface area (Å²) in [5.74, 6) is 0.993. The molecule has 1 aromatic carbocycles. The normalized spacial score (nSPS) is 19.8. The first kappa shape index (κ1) is 18.2. The molecule has 2 aliphatic rings. The number of nitrogens with zero attached hydrogens (tertiary/aromatic N) is 1. The smallest absolute Gasteiger partial charge is 0.390 e. The van der Waals surface area contributed by atoms with E-state index in [4.69, 9.17) is 9.47 Å². The second kappa shape index (κ2) is 7.59. The quantitative estimate of drug-likeness (QED) is 0.907. The van der Waals surface area contributed by atoms with Crippen LogP contribution in [0.2, 0.25) is 0 Å². The summed E-state index contributed by atoms with van der Waals surface area (Å²) in [4.78, 5) is 1.87. The van der Waals surface area contributed by atoms with Gasteiger partial charge in [-0.3, -0.25) is 4.90 Å². The van der Waals surface area contributed by atoms with Gasteiger partial charge >= 0.3 is 6.18 Å². The maximum atomic E-state index is 13.1. The number of nitrogens with one attached hydrogen (secondary N) is 1. The zero-order chi connectivity index (χ0) is 15.6. The van der Waals surface area contributed by atoms with E-state index >= 15 is 0 Å². The van der Waals surface area contributed by atoms with Crippen molar-refractivity contribution in [1.82, 2.24) is 10.2 Å². The van der Waals surface area contributed by atoms with E-state index in [1.165, 1.54) is 0 Å². The SMILES string of the molecule is Cl.FC(F)(F)C[C@H](c1cccc2c1OCCO2)N1CCNCC1. The fraction of sp³-hybridized carbons (Fsp3) is 0.600. The van der Waals surface area contributed by atoms with E-state index in [0.29, 0.717) is 56.5 Å². The molecule has 8 heteroatoms. The van der Waals surface area contributed by atoms with Crippen molar-refractivity contribution in [3.8, 4) is 11.5 Å². The molecule has 2 heterocycles. The second-order valence-corrected chi connectivity index (χ2v) is 5.49. The molecule has 2 aliphatic heterocycles. The molecule has 1 fully saturated rings. The molecule has 1 N–H and O–H groups in total. The molecule has 0 spiro atoms. The summed E-state index contributed by atoms with van der Waals surface area (Å²) < 4.78 is 50.3. The van der Waals surface area contributed by atoms with E-state index < -0.39 is 18.6 Å². The Bertz CT molecular complexity index is 522. The fourth-order valence-corrected chi connectivity index (χ4v) is 3.01. The van der Waals surface area contributed by atoms with Crippen molar-refractivity contribution in [2.75, 3.05) is 39.4 Å². The molecule has 4 nitrogen and oxygen atoms in total. The summed E-state index contributed by atoms with van der Waals surface area (Å²) >= 11 is 0. The van der Waals surface area contributed by atoms with Gasteiger partial charge in [-0.2, -0.15) is 13.2 Å². The maximum Gasteiger partial charge on any atom is 0.390 e. The number of fused-ring (bicyclic) bond motifs is 1. The topological polar surface area (TPSA) is 33.7 Å². The van der Waals surface area contributed by atoms with Crippen molar-refractivity contribution >= 4 is 12.4 Å². The van der Waals surface area contributed by atoms with Gasteiger partial charge < -0.3 is 14.8 Å². The van der Waals surface area contributed by atoms with Crippen LogP contribution in [0.5, 0.6) is 11.5 Å². The third kappa shape index (κ3) is 4.43. The molecule has 0 radical (unpaired) electrons. The van der Waals surface area contributed by atoms with Gasteiger partial charge in [-0.25, -0.2) is 0 Å². The van der Waals surface area contributed by atoms with Crippen LogP contribution in [0.15, 0.2) is 18.2 Å². The van der Waals surface area contributed by atoms with Crippen LogP contribution in [0.3, 0.4) is 0 Å². The molecule has 130 valence electrons. The van der Waals surface area contributed by atoms with Crippen LogP contribution in [-0.4, -0.2) is 50.5 Å². The monoisotopic (exact) mass is 352 g/mol. The summed E-state index contributed by atoms with van der Waals surface area (Å²) in [6.45, 7) is 3.36. The predicted molar refractivity (Wildman–Crippen MR) is 82.5 cm³/mol. The lowest BCUT2D eigenvalue weighted by Crippen LogP contribution is -2.46. The van der Waals surface area contributed by atoms with Crippen molar-refractivity contribution in [2.45, 2.75) is 18.6 Å². The van der Waals surface area contributed by atoms with Gasteiger partial charge in [-0.15, -0.1) is 12.4 Å². The molecular weight excluding hydrogens is 333 g/mol. The Morgan fingerprint density at radius 3 is 2.52 bits per heavy atom. The van der Waals surface area contributed by atoms with Crippen molar-refractivity contribution in [2.24, 2.45) is 0 Å². The van der Waals surface area contributed by atoms with E-state index in [1.54, 1.807) is 18.2 Å². The first-order valence-corrected chi connectivity index (χ1v) is 7.44. The number of piperazine rings is 1. The molecule has 1 atom stereocenters. The van der Waals surface area contributed by atoms with Crippen molar-refractivity contribution in [3.05, 3.63) is 23.8 Å². The molecular formula is C15H20ClF3N2O2. The van der Waals surface area contributed by atoms with Gasteiger partial charge in [0, 0.05) is 37.8 Å². The Kier molecular flexibility index (Phi) is 6.00. The van der Waals surface area contributed by atoms with Crippen LogP contribution in [0.4, 0.5) is 13.2 Å². The summed E-state index contributed by atoms with van der Waals surface area (Å²) in [5, 5.41) is 3.17. The average Bonchev–Trinajstić information content (AvgIpc) is 2.52. The van der Waals surface area contributed by atoms with Gasteiger partial charge in [-0.05, 0) is 6.07 Å². The molecule has 0 aromatic heterocycles. The average molecular weight is 353 g/mol. The van der Waals surface area contributed by atoms with Gasteiger partial charge in [0.05, 0.1) is 6.42 Å². The third-order valence-electron chi connectivity index (χ3n) is 3.97. The second-order valence-electron chi connectivity index (χ2n) is 5.49. The molecule has 0 aliphatic carbocycles. The molecule has 23 heavy (non-hydrogen) atoms. The van der Waals surface area contributed by atoms with E-state index in [9.17, 15) is 13.2 Å². The standard InChI is InChI=1S/C15H19F3N2O2.ClH/c16-15(17,18)10-12(20-6-4-19-5-7-20)11-2-1-3-13-14(11)22-9-8-21-13;/h1-3,12,19H,4-10H2;1H/t12-;/m1./s1. The van der Waals surface area contributed by atoms with E-state index in [1.807, 2.05) is 4.90 Å². The van der Waals surface area contributed by atoms with Crippen LogP contribution >= 0.6 is 12.4 Å². The number of alkyl halides is 3. The highest BCUT2D eigenvalue weighted by molar-refractivity contribution is 5.85. The summed E-state index contributed by atoms with van der Waals surface area (Å²) in [7, 11) is 0. The summed E-state index contributed by atoms with van der Waals surface area (Å²) in [6, 6.07) is 4.44. The van der Waals surface area contributed by atoms with Crippen molar-refractivity contribution in [1.29, 1.82) is 0 Å². The lowest BCUT2D eigenvalue weighted by Gasteiger charge is -2.37. The van der Waals surface area contributed by atoms with Crippen LogP contribution in [0.25, 0.3) is 0 Å². The first-order valence-electron chi connectivity index (χ1n) is 7.44. The molecule has 0 unspecified atom stereocenters. The third-order valence-corrected chi connectivity index (χ3v) is 3.97. The number of benzene rings is 1. The number of para-hydroxylation sites is 1. The van der Waals surface area contributed by atoms with Gasteiger partial charge in [0.2, 0.25) is 0 Å². The summed E-state index contributed by atoms with van der Waals surface area (Å²) in [5.41, 5.74) is 0.566. The summed E-state index contributed by atoms with van der Waals surface area (Å²) in [6.07, 6.45) is -5.11. The maximum absolute atomic E-state index is 13.1. The Hall–Kier alpha value is -1.18. The highest BCUT2D eigenvalue weighted by Crippen LogP contribution is 2.42. The molecule has 1 aromatic rings. The van der Waals surface area contributed by atoms with Crippen LogP contribution < -0.4 is 14.8 Å². The molecule has 0 bridgehead atoms. The molecule has 0 amide bonds. The highest BCUT2D eigenvalue weighted by Gasteiger charge is 2.38. The number of rotatable bonds is 3. The van der Waals surface area contributed by atoms with Gasteiger partial charge in [0.15, 0.2) is 11.5 Å². The van der Waals surface area contributed by atoms with Gasteiger partial charge in [-0.1, -0.05) is 12.1 Å². The predicted octanol–water partition coefficient (Wildman–Crippen LogP) is 2.78. The molecule has 0 saturated carbocycles. The Labute approximate surface area is 139 Å².